The van der Waals surface area contributed by atoms with Gasteiger partial charge < -0.3 is 5.73 Å². The third-order valence-electron chi connectivity index (χ3n) is 2.77. The maximum absolute atomic E-state index is 14.2. The number of carbonyl (C=O) groups excluding carboxylic acids is 1. The number of nitrogens with two attached hydrogens (primary N) is 1. The van der Waals surface area contributed by atoms with Gasteiger partial charge in [0.2, 0.25) is 5.91 Å². The molecule has 0 radical (unpaired) electrons. The molecule has 0 heterocycles. The first-order chi connectivity index (χ1) is 8.52. The van der Waals surface area contributed by atoms with E-state index < -0.39 is 11.7 Å². The fraction of sp³-hybridized carbons (Fsp3) is 0.0714. The molecule has 0 aliphatic carbocycles. The van der Waals surface area contributed by atoms with Crippen LogP contribution in [-0.2, 0) is 0 Å². The van der Waals surface area contributed by atoms with Crippen molar-refractivity contribution in [3.05, 3.63) is 58.4 Å². The number of benzene rings is 2. The molecule has 2 N–H and O–H groups in total. The lowest BCUT2D eigenvalue weighted by Crippen LogP contribution is -2.13. The number of hydrogen-bond donors (Lipinski definition) is 1. The van der Waals surface area contributed by atoms with Crippen molar-refractivity contribution >= 4 is 17.5 Å². The summed E-state index contributed by atoms with van der Waals surface area (Å²) in [5.41, 5.74) is 6.60. The molecular formula is C14H11ClFNO. The SMILES string of the molecule is Cc1c(F)c(-c2ccccc2)cc(C(N)=O)c1Cl. The Morgan fingerprint density at radius 2 is 1.89 bits per heavy atom. The zero-order chi connectivity index (χ0) is 13.3. The lowest BCUT2D eigenvalue weighted by atomic mass is 9.99. The van der Waals surface area contributed by atoms with Crippen molar-refractivity contribution in [2.24, 2.45) is 5.73 Å². The van der Waals surface area contributed by atoms with Gasteiger partial charge in [0.25, 0.3) is 0 Å². The van der Waals surface area contributed by atoms with Crippen molar-refractivity contribution in [1.29, 1.82) is 0 Å². The average Bonchev–Trinajstić information content (AvgIpc) is 2.37. The Kier molecular flexibility index (Phi) is 3.34. The van der Waals surface area contributed by atoms with Crippen LogP contribution in [0.4, 0.5) is 4.39 Å². The van der Waals surface area contributed by atoms with E-state index in [1.54, 1.807) is 24.3 Å². The highest BCUT2D eigenvalue weighted by Crippen LogP contribution is 2.31. The highest BCUT2D eigenvalue weighted by atomic mass is 35.5. The largest absolute Gasteiger partial charge is 0.366 e. The Bertz CT molecular complexity index is 611. The summed E-state index contributed by atoms with van der Waals surface area (Å²) in [6, 6.07) is 10.3. The smallest absolute Gasteiger partial charge is 0.250 e. The zero-order valence-corrected chi connectivity index (χ0v) is 10.5. The van der Waals surface area contributed by atoms with Crippen LogP contribution in [0.1, 0.15) is 15.9 Å². The molecule has 2 nitrogen and oxygen atoms in total. The molecule has 18 heavy (non-hydrogen) atoms. The summed E-state index contributed by atoms with van der Waals surface area (Å²) >= 11 is 5.91. The van der Waals surface area contributed by atoms with Crippen LogP contribution in [0.25, 0.3) is 11.1 Å². The van der Waals surface area contributed by atoms with Gasteiger partial charge in [-0.1, -0.05) is 41.9 Å². The van der Waals surface area contributed by atoms with E-state index in [9.17, 15) is 9.18 Å². The van der Waals surface area contributed by atoms with E-state index in [4.69, 9.17) is 17.3 Å². The molecule has 0 unspecified atom stereocenters. The van der Waals surface area contributed by atoms with Crippen molar-refractivity contribution < 1.29 is 9.18 Å². The van der Waals surface area contributed by atoms with Crippen LogP contribution in [0, 0.1) is 12.7 Å². The Labute approximate surface area is 109 Å². The topological polar surface area (TPSA) is 43.1 Å². The van der Waals surface area contributed by atoms with Gasteiger partial charge in [-0.05, 0) is 18.6 Å². The van der Waals surface area contributed by atoms with Crippen molar-refractivity contribution in [2.45, 2.75) is 6.92 Å². The third-order valence-corrected chi connectivity index (χ3v) is 3.26. The van der Waals surface area contributed by atoms with Gasteiger partial charge in [0.1, 0.15) is 5.82 Å². The molecule has 0 saturated carbocycles. The summed E-state index contributed by atoms with van der Waals surface area (Å²) in [4.78, 5) is 11.3. The van der Waals surface area contributed by atoms with Gasteiger partial charge in [0.05, 0.1) is 10.6 Å². The zero-order valence-electron chi connectivity index (χ0n) is 9.71. The van der Waals surface area contributed by atoms with E-state index in [0.717, 1.165) is 0 Å². The van der Waals surface area contributed by atoms with Crippen LogP contribution in [0.5, 0.6) is 0 Å². The highest BCUT2D eigenvalue weighted by Gasteiger charge is 2.17. The van der Waals surface area contributed by atoms with Crippen LogP contribution < -0.4 is 5.73 Å². The number of hydrogen-bond acceptors (Lipinski definition) is 1. The molecule has 0 bridgehead atoms. The minimum absolute atomic E-state index is 0.0691. The van der Waals surface area contributed by atoms with E-state index in [1.807, 2.05) is 6.07 Å². The minimum atomic E-state index is -0.666. The summed E-state index contributed by atoms with van der Waals surface area (Å²) in [6.07, 6.45) is 0. The highest BCUT2D eigenvalue weighted by molar-refractivity contribution is 6.34. The summed E-state index contributed by atoms with van der Waals surface area (Å²) in [7, 11) is 0. The van der Waals surface area contributed by atoms with E-state index >= 15 is 0 Å². The van der Waals surface area contributed by atoms with E-state index in [1.165, 1.54) is 13.0 Å². The van der Waals surface area contributed by atoms with Crippen molar-refractivity contribution in [3.63, 3.8) is 0 Å². The third kappa shape index (κ3) is 2.09. The number of carbonyl (C=O) groups is 1. The second kappa shape index (κ2) is 4.78. The Hall–Kier alpha value is -1.87. The Balaban J connectivity index is 2.73. The molecule has 0 saturated heterocycles. The van der Waals surface area contributed by atoms with Gasteiger partial charge in [0.15, 0.2) is 0 Å². The first-order valence-electron chi connectivity index (χ1n) is 5.36. The second-order valence-corrected chi connectivity index (χ2v) is 4.33. The standard InChI is InChI=1S/C14H11ClFNO/c1-8-12(15)11(14(17)18)7-10(13(8)16)9-5-3-2-4-6-9/h2-7H,1H3,(H2,17,18). The molecule has 2 rings (SSSR count). The molecule has 0 aliphatic rings. The maximum atomic E-state index is 14.2. The number of amides is 1. The van der Waals surface area contributed by atoms with E-state index in [0.29, 0.717) is 11.1 Å². The predicted octanol–water partition coefficient (Wildman–Crippen LogP) is 3.55. The quantitative estimate of drug-likeness (QED) is 0.885. The van der Waals surface area contributed by atoms with Crippen molar-refractivity contribution in [3.8, 4) is 11.1 Å². The summed E-state index contributed by atoms with van der Waals surface area (Å²) in [5.74, 6) is -1.10. The fourth-order valence-electron chi connectivity index (χ4n) is 1.78. The van der Waals surface area contributed by atoms with Crippen LogP contribution in [0.3, 0.4) is 0 Å². The van der Waals surface area contributed by atoms with Crippen molar-refractivity contribution in [1.82, 2.24) is 0 Å². The molecule has 0 aromatic heterocycles. The second-order valence-electron chi connectivity index (χ2n) is 3.95. The number of rotatable bonds is 2. The molecule has 4 heteroatoms. The van der Waals surface area contributed by atoms with Gasteiger partial charge in [-0.15, -0.1) is 0 Å². The molecule has 0 atom stereocenters. The summed E-state index contributed by atoms with van der Waals surface area (Å²) < 4.78 is 14.2. The maximum Gasteiger partial charge on any atom is 0.250 e. The van der Waals surface area contributed by atoms with Crippen LogP contribution in [0.2, 0.25) is 5.02 Å². The minimum Gasteiger partial charge on any atom is -0.366 e. The van der Waals surface area contributed by atoms with Gasteiger partial charge >= 0.3 is 0 Å². The van der Waals surface area contributed by atoms with Gasteiger partial charge in [-0.2, -0.15) is 0 Å². The molecule has 0 spiro atoms. The van der Waals surface area contributed by atoms with Crippen molar-refractivity contribution in [2.75, 3.05) is 0 Å². The first-order valence-corrected chi connectivity index (χ1v) is 5.74. The molecule has 2 aromatic rings. The molecule has 2 aromatic carbocycles. The number of halogens is 2. The molecule has 92 valence electrons. The summed E-state index contributed by atoms with van der Waals surface area (Å²) in [5, 5.41) is 0.0691. The lowest BCUT2D eigenvalue weighted by Gasteiger charge is -2.11. The van der Waals surface area contributed by atoms with Crippen LogP contribution in [-0.4, -0.2) is 5.91 Å². The molecule has 0 fully saturated rings. The van der Waals surface area contributed by atoms with Gasteiger partial charge in [0, 0.05) is 11.1 Å². The first kappa shape index (κ1) is 12.6. The number of primary amides is 1. The monoisotopic (exact) mass is 263 g/mol. The van der Waals surface area contributed by atoms with E-state index in [2.05, 4.69) is 0 Å². The Morgan fingerprint density at radius 3 is 2.44 bits per heavy atom. The van der Waals surface area contributed by atoms with Gasteiger partial charge in [-0.3, -0.25) is 4.79 Å². The fourth-order valence-corrected chi connectivity index (χ4v) is 2.01. The summed E-state index contributed by atoms with van der Waals surface area (Å²) in [6.45, 7) is 1.52. The normalized spacial score (nSPS) is 10.4. The average molecular weight is 264 g/mol. The van der Waals surface area contributed by atoms with E-state index in [-0.39, 0.29) is 16.1 Å². The predicted molar refractivity (Wildman–Crippen MR) is 70.1 cm³/mol. The lowest BCUT2D eigenvalue weighted by molar-refractivity contribution is 0.100. The molecular weight excluding hydrogens is 253 g/mol. The van der Waals surface area contributed by atoms with Gasteiger partial charge in [-0.25, -0.2) is 4.39 Å². The Morgan fingerprint density at radius 1 is 1.28 bits per heavy atom. The molecule has 1 amide bonds. The van der Waals surface area contributed by atoms with Crippen LogP contribution in [0.15, 0.2) is 36.4 Å². The van der Waals surface area contributed by atoms with Crippen LogP contribution >= 0.6 is 11.6 Å². The molecule has 0 aliphatic heterocycles.